The highest BCUT2D eigenvalue weighted by atomic mass is 19.4. The van der Waals surface area contributed by atoms with Gasteiger partial charge in [-0.05, 0) is 14.0 Å². The first-order valence-electron chi connectivity index (χ1n) is 4.27. The van der Waals surface area contributed by atoms with E-state index in [0.717, 1.165) is 4.90 Å². The fraction of sp³-hybridized carbons (Fsp3) is 0.875. The molecule has 0 saturated carbocycles. The molecule has 14 heavy (non-hydrogen) atoms. The molecular formula is C8H15F3N2O. The van der Waals surface area contributed by atoms with E-state index in [2.05, 4.69) is 5.32 Å². The summed E-state index contributed by atoms with van der Waals surface area (Å²) in [4.78, 5) is 12.4. The Labute approximate surface area is 81.3 Å². The molecule has 1 amide bonds. The van der Waals surface area contributed by atoms with Crippen LogP contribution in [-0.2, 0) is 4.79 Å². The van der Waals surface area contributed by atoms with Crippen molar-refractivity contribution in [2.45, 2.75) is 25.6 Å². The first-order valence-corrected chi connectivity index (χ1v) is 4.27. The molecule has 0 aromatic carbocycles. The Morgan fingerprint density at radius 1 is 1.50 bits per heavy atom. The van der Waals surface area contributed by atoms with E-state index in [4.69, 9.17) is 0 Å². The monoisotopic (exact) mass is 212 g/mol. The van der Waals surface area contributed by atoms with Gasteiger partial charge < -0.3 is 10.2 Å². The second-order valence-corrected chi connectivity index (χ2v) is 3.14. The Bertz CT molecular complexity index is 194. The maximum Gasteiger partial charge on any atom is 0.390 e. The number of carbonyl (C=O) groups is 1. The fourth-order valence-electron chi connectivity index (χ4n) is 0.859. The van der Waals surface area contributed by atoms with Crippen LogP contribution in [0.1, 0.15) is 13.3 Å². The number of nitrogens with zero attached hydrogens (tertiary/aromatic N) is 1. The van der Waals surface area contributed by atoms with E-state index in [1.54, 1.807) is 14.0 Å². The Morgan fingerprint density at radius 3 is 2.36 bits per heavy atom. The number of carbonyl (C=O) groups excluding carboxylic acids is 1. The molecule has 0 fully saturated rings. The van der Waals surface area contributed by atoms with Crippen LogP contribution in [0.3, 0.4) is 0 Å². The van der Waals surface area contributed by atoms with Gasteiger partial charge in [-0.25, -0.2) is 0 Å². The van der Waals surface area contributed by atoms with Crippen LogP contribution >= 0.6 is 0 Å². The molecule has 0 aromatic heterocycles. The minimum absolute atomic E-state index is 0.297. The van der Waals surface area contributed by atoms with Crippen LogP contribution in [0.5, 0.6) is 0 Å². The molecule has 0 rings (SSSR count). The van der Waals surface area contributed by atoms with Gasteiger partial charge in [-0.1, -0.05) is 0 Å². The largest absolute Gasteiger partial charge is 0.390 e. The molecule has 0 aliphatic carbocycles. The number of hydrogen-bond acceptors (Lipinski definition) is 2. The van der Waals surface area contributed by atoms with Crippen LogP contribution in [-0.4, -0.2) is 43.7 Å². The van der Waals surface area contributed by atoms with Crippen molar-refractivity contribution in [3.8, 4) is 0 Å². The van der Waals surface area contributed by atoms with E-state index in [1.165, 1.54) is 7.05 Å². The number of hydrogen-bond donors (Lipinski definition) is 1. The molecule has 1 N–H and O–H groups in total. The van der Waals surface area contributed by atoms with Gasteiger partial charge in [-0.2, -0.15) is 13.2 Å². The number of alkyl halides is 3. The molecule has 0 spiro atoms. The van der Waals surface area contributed by atoms with E-state index in [9.17, 15) is 18.0 Å². The summed E-state index contributed by atoms with van der Waals surface area (Å²) in [5.74, 6) is -0.336. The maximum absolute atomic E-state index is 11.8. The van der Waals surface area contributed by atoms with Gasteiger partial charge in [-0.15, -0.1) is 0 Å². The zero-order chi connectivity index (χ0) is 11.4. The van der Waals surface area contributed by atoms with Crippen molar-refractivity contribution in [1.82, 2.24) is 10.2 Å². The van der Waals surface area contributed by atoms with Gasteiger partial charge in [-0.3, -0.25) is 4.79 Å². The lowest BCUT2D eigenvalue weighted by Crippen LogP contribution is -2.42. The number of amides is 1. The van der Waals surface area contributed by atoms with E-state index >= 15 is 0 Å². The Kier molecular flexibility index (Phi) is 4.90. The number of nitrogens with one attached hydrogen (secondary N) is 1. The van der Waals surface area contributed by atoms with Crippen molar-refractivity contribution < 1.29 is 18.0 Å². The van der Waals surface area contributed by atoms with Gasteiger partial charge in [0.1, 0.15) is 0 Å². The van der Waals surface area contributed by atoms with Crippen molar-refractivity contribution >= 4 is 5.91 Å². The minimum Gasteiger partial charge on any atom is -0.344 e. The smallest absolute Gasteiger partial charge is 0.344 e. The van der Waals surface area contributed by atoms with Crippen LogP contribution in [0.2, 0.25) is 0 Å². The van der Waals surface area contributed by atoms with Crippen LogP contribution in [0.4, 0.5) is 13.2 Å². The molecule has 3 nitrogen and oxygen atoms in total. The summed E-state index contributed by atoms with van der Waals surface area (Å²) < 4.78 is 35.4. The first-order chi connectivity index (χ1) is 6.28. The molecule has 1 atom stereocenters. The van der Waals surface area contributed by atoms with Crippen LogP contribution in [0, 0.1) is 0 Å². The third-order valence-corrected chi connectivity index (χ3v) is 1.91. The second kappa shape index (κ2) is 5.19. The maximum atomic E-state index is 11.8. The molecule has 0 aliphatic heterocycles. The molecule has 0 aliphatic rings. The molecular weight excluding hydrogens is 197 g/mol. The quantitative estimate of drug-likeness (QED) is 0.754. The first kappa shape index (κ1) is 13.2. The van der Waals surface area contributed by atoms with Gasteiger partial charge in [0.05, 0.1) is 12.5 Å². The van der Waals surface area contributed by atoms with Gasteiger partial charge >= 0.3 is 6.18 Å². The van der Waals surface area contributed by atoms with Crippen molar-refractivity contribution in [3.63, 3.8) is 0 Å². The minimum atomic E-state index is -4.21. The van der Waals surface area contributed by atoms with E-state index in [0.29, 0.717) is 0 Å². The van der Waals surface area contributed by atoms with Gasteiger partial charge in [0.25, 0.3) is 0 Å². The van der Waals surface area contributed by atoms with Gasteiger partial charge in [0.15, 0.2) is 0 Å². The summed E-state index contributed by atoms with van der Waals surface area (Å²) in [5.41, 5.74) is 0. The number of likely N-dealkylation sites (N-methyl/N-ethyl adjacent to an activating group) is 2. The lowest BCUT2D eigenvalue weighted by molar-refractivity contribution is -0.144. The number of rotatable bonds is 4. The molecule has 0 bridgehead atoms. The van der Waals surface area contributed by atoms with Crippen LogP contribution in [0.15, 0.2) is 0 Å². The molecule has 84 valence electrons. The van der Waals surface area contributed by atoms with Crippen LogP contribution < -0.4 is 5.32 Å². The third kappa shape index (κ3) is 5.06. The van der Waals surface area contributed by atoms with E-state index < -0.39 is 18.6 Å². The lowest BCUT2D eigenvalue weighted by atomic mass is 10.3. The van der Waals surface area contributed by atoms with Crippen molar-refractivity contribution in [1.29, 1.82) is 0 Å². The third-order valence-electron chi connectivity index (χ3n) is 1.91. The molecule has 0 radical (unpaired) electrons. The Hall–Kier alpha value is -0.780. The lowest BCUT2D eigenvalue weighted by Gasteiger charge is -2.21. The van der Waals surface area contributed by atoms with Crippen molar-refractivity contribution in [2.24, 2.45) is 0 Å². The number of halogens is 3. The van der Waals surface area contributed by atoms with Crippen LogP contribution in [0.25, 0.3) is 0 Å². The normalized spacial score (nSPS) is 13.9. The Balaban J connectivity index is 3.97. The molecule has 6 heteroatoms. The zero-order valence-corrected chi connectivity index (χ0v) is 8.48. The summed E-state index contributed by atoms with van der Waals surface area (Å²) in [5, 5.41) is 2.67. The highest BCUT2D eigenvalue weighted by molar-refractivity contribution is 5.81. The molecule has 0 heterocycles. The summed E-state index contributed by atoms with van der Waals surface area (Å²) in [6.07, 6.45) is -5.18. The van der Waals surface area contributed by atoms with Crippen molar-refractivity contribution in [2.75, 3.05) is 20.6 Å². The summed E-state index contributed by atoms with van der Waals surface area (Å²) in [6.45, 7) is 1.31. The SMILES string of the molecule is CNC(C)C(=O)N(C)CCC(F)(F)F. The summed E-state index contributed by atoms with van der Waals surface area (Å²) >= 11 is 0. The van der Waals surface area contributed by atoms with Gasteiger partial charge in [0.2, 0.25) is 5.91 Å². The summed E-state index contributed by atoms with van der Waals surface area (Å²) in [6, 6.07) is -0.451. The topological polar surface area (TPSA) is 32.3 Å². The second-order valence-electron chi connectivity index (χ2n) is 3.14. The summed E-state index contributed by atoms with van der Waals surface area (Å²) in [7, 11) is 2.95. The highest BCUT2D eigenvalue weighted by Gasteiger charge is 2.28. The molecule has 0 aromatic rings. The average Bonchev–Trinajstić information content (AvgIpc) is 2.10. The molecule has 0 saturated heterocycles. The fourth-order valence-corrected chi connectivity index (χ4v) is 0.859. The van der Waals surface area contributed by atoms with E-state index in [1.807, 2.05) is 0 Å². The molecule has 1 unspecified atom stereocenters. The van der Waals surface area contributed by atoms with E-state index in [-0.39, 0.29) is 12.5 Å². The average molecular weight is 212 g/mol. The van der Waals surface area contributed by atoms with Gasteiger partial charge in [0, 0.05) is 13.6 Å². The Morgan fingerprint density at radius 2 is 2.00 bits per heavy atom. The van der Waals surface area contributed by atoms with Crippen molar-refractivity contribution in [3.05, 3.63) is 0 Å². The zero-order valence-electron chi connectivity index (χ0n) is 8.48. The predicted octanol–water partition coefficient (Wildman–Crippen LogP) is 1.01. The highest BCUT2D eigenvalue weighted by Crippen LogP contribution is 2.19. The standard InChI is InChI=1S/C8H15F3N2O/c1-6(12-2)7(14)13(3)5-4-8(9,10)11/h6,12H,4-5H2,1-3H3. The predicted molar refractivity (Wildman–Crippen MR) is 46.8 cm³/mol.